The van der Waals surface area contributed by atoms with Gasteiger partial charge in [-0.25, -0.2) is 23.8 Å². The van der Waals surface area contributed by atoms with Gasteiger partial charge in [-0.15, -0.1) is 10.2 Å². The fourth-order valence-electron chi connectivity index (χ4n) is 4.50. The summed E-state index contributed by atoms with van der Waals surface area (Å²) in [6, 6.07) is 7.27. The molecule has 6 rings (SSSR count). The van der Waals surface area contributed by atoms with Crippen LogP contribution in [0, 0.1) is 11.6 Å². The first kappa shape index (κ1) is 31.8. The van der Waals surface area contributed by atoms with E-state index in [9.17, 15) is 26.7 Å². The molecule has 0 saturated carbocycles. The molecular weight excluding hydrogens is 617 g/mol. The van der Waals surface area contributed by atoms with Crippen molar-refractivity contribution in [3.8, 4) is 11.5 Å². The predicted octanol–water partition coefficient (Wildman–Crippen LogP) is 5.95. The van der Waals surface area contributed by atoms with Crippen molar-refractivity contribution in [2.75, 3.05) is 12.4 Å². The zero-order valence-corrected chi connectivity index (χ0v) is 24.3. The van der Waals surface area contributed by atoms with Gasteiger partial charge in [-0.1, -0.05) is 13.8 Å². The predicted molar refractivity (Wildman–Crippen MR) is 154 cm³/mol. The van der Waals surface area contributed by atoms with Crippen LogP contribution in [-0.4, -0.2) is 54.0 Å². The Morgan fingerprint density at radius 2 is 1.89 bits per heavy atom. The molecule has 5 heterocycles. The fourth-order valence-corrected chi connectivity index (χ4v) is 4.50. The Morgan fingerprint density at radius 3 is 2.61 bits per heavy atom. The van der Waals surface area contributed by atoms with Crippen LogP contribution in [0.3, 0.4) is 0 Å². The van der Waals surface area contributed by atoms with Crippen LogP contribution in [0.5, 0.6) is 0 Å². The number of nitrogens with one attached hydrogen (secondary N) is 2. The molecule has 238 valence electrons. The summed E-state index contributed by atoms with van der Waals surface area (Å²) in [5.41, 5.74) is 3.32. The summed E-state index contributed by atoms with van der Waals surface area (Å²) >= 11 is 0. The van der Waals surface area contributed by atoms with E-state index in [1.54, 1.807) is 26.2 Å². The molecule has 5 aromatic heterocycles. The topological polar surface area (TPSA) is 145 Å². The number of amides is 1. The molecule has 12 nitrogen and oxygen atoms in total. The minimum atomic E-state index is -4.53. The lowest BCUT2D eigenvalue weighted by Gasteiger charge is -2.13. The maximum atomic E-state index is 14.6. The van der Waals surface area contributed by atoms with Crippen LogP contribution < -0.4 is 10.8 Å². The van der Waals surface area contributed by atoms with Crippen molar-refractivity contribution in [2.45, 2.75) is 32.4 Å². The van der Waals surface area contributed by atoms with E-state index in [0.29, 0.717) is 22.7 Å². The minimum Gasteiger partial charge on any atom is -0.420 e. The molecule has 6 aromatic rings. The molecule has 1 amide bonds. The number of alkyl halides is 3. The molecule has 0 aliphatic heterocycles. The summed E-state index contributed by atoms with van der Waals surface area (Å²) in [4.78, 5) is 28.8. The van der Waals surface area contributed by atoms with Gasteiger partial charge in [0.25, 0.3) is 5.91 Å². The lowest BCUT2D eigenvalue weighted by Crippen LogP contribution is -2.23. The molecule has 17 heteroatoms. The molecule has 46 heavy (non-hydrogen) atoms. The molecule has 0 atom stereocenters. The van der Waals surface area contributed by atoms with Gasteiger partial charge in [0.05, 0.1) is 29.4 Å². The van der Waals surface area contributed by atoms with Gasteiger partial charge < -0.3 is 9.73 Å². The first-order chi connectivity index (χ1) is 21.9. The Labute approximate surface area is 256 Å². The maximum absolute atomic E-state index is 14.6. The van der Waals surface area contributed by atoms with Crippen LogP contribution in [0.1, 0.15) is 41.6 Å². The SMILES string of the molecule is CONC(=O)c1cc(Nc2ncnn3cc(-c4nnc(CC(F)(F)F)o4)c(C(C)C)c23)c(F)cc1F.c1cnc2ccncc2c1. The highest BCUT2D eigenvalue weighted by Crippen LogP contribution is 2.37. The second-order valence-electron chi connectivity index (χ2n) is 9.95. The largest absolute Gasteiger partial charge is 0.420 e. The number of benzene rings is 1. The van der Waals surface area contributed by atoms with Gasteiger partial charge in [0.15, 0.2) is 5.82 Å². The molecule has 0 fully saturated rings. The number of rotatable bonds is 7. The average molecular weight is 642 g/mol. The van der Waals surface area contributed by atoms with Gasteiger partial charge in [-0.05, 0) is 35.7 Å². The van der Waals surface area contributed by atoms with Crippen LogP contribution in [0.4, 0.5) is 33.5 Å². The van der Waals surface area contributed by atoms with E-state index in [-0.39, 0.29) is 23.3 Å². The molecule has 0 aliphatic carbocycles. The first-order valence-corrected chi connectivity index (χ1v) is 13.4. The second-order valence-corrected chi connectivity index (χ2v) is 9.95. The van der Waals surface area contributed by atoms with Gasteiger partial charge in [-0.2, -0.15) is 18.3 Å². The number of hydrogen-bond acceptors (Lipinski definition) is 10. The van der Waals surface area contributed by atoms with E-state index in [1.165, 1.54) is 10.7 Å². The van der Waals surface area contributed by atoms with Gasteiger partial charge in [-0.3, -0.25) is 19.6 Å². The molecule has 0 aliphatic rings. The van der Waals surface area contributed by atoms with Crippen LogP contribution in [-0.2, 0) is 11.3 Å². The van der Waals surface area contributed by atoms with Crippen molar-refractivity contribution in [2.24, 2.45) is 0 Å². The van der Waals surface area contributed by atoms with Crippen molar-refractivity contribution >= 4 is 33.8 Å². The fraction of sp³-hybridized carbons (Fsp3) is 0.207. The third-order valence-electron chi connectivity index (χ3n) is 6.39. The lowest BCUT2D eigenvalue weighted by atomic mass is 10.00. The zero-order chi connectivity index (χ0) is 33.0. The smallest absolute Gasteiger partial charge is 0.397 e. The molecule has 0 saturated heterocycles. The standard InChI is InChI=1S/C21H18F5N7O3.C8H6N2/c1-9(2)16-11(20-31-30-15(36-20)6-21(24,25)26)7-33-17(16)18(27-8-28-33)29-14-4-10(19(34)32-35-3)12(22)5-13(14)23;1-2-7-6-9-5-3-8(7)10-4-1/h4-5,7-9H,6H2,1-3H3,(H,32,34)(H,27,28,29);1-6H. The van der Waals surface area contributed by atoms with E-state index >= 15 is 0 Å². The zero-order valence-electron chi connectivity index (χ0n) is 24.3. The number of carbonyl (C=O) groups is 1. The molecule has 0 radical (unpaired) electrons. The van der Waals surface area contributed by atoms with Crippen LogP contribution >= 0.6 is 0 Å². The number of nitrogens with zero attached hydrogens (tertiary/aromatic N) is 7. The number of aromatic nitrogens is 7. The average Bonchev–Trinajstić information content (AvgIpc) is 3.63. The number of hydroxylamine groups is 1. The van der Waals surface area contributed by atoms with Crippen LogP contribution in [0.2, 0.25) is 0 Å². The minimum absolute atomic E-state index is 0.0681. The Morgan fingerprint density at radius 1 is 1.09 bits per heavy atom. The normalized spacial score (nSPS) is 11.5. The van der Waals surface area contributed by atoms with E-state index in [1.807, 2.05) is 29.9 Å². The van der Waals surface area contributed by atoms with Crippen molar-refractivity contribution < 1.29 is 36.0 Å². The summed E-state index contributed by atoms with van der Waals surface area (Å²) in [5.74, 6) is -4.02. The second kappa shape index (κ2) is 13.2. The Kier molecular flexibility index (Phi) is 9.13. The summed E-state index contributed by atoms with van der Waals surface area (Å²) in [5, 5.41) is 15.1. The maximum Gasteiger partial charge on any atom is 0.397 e. The van der Waals surface area contributed by atoms with E-state index in [0.717, 1.165) is 30.4 Å². The number of pyridine rings is 2. The highest BCUT2D eigenvalue weighted by atomic mass is 19.4. The van der Waals surface area contributed by atoms with Crippen LogP contribution in [0.25, 0.3) is 27.9 Å². The summed E-state index contributed by atoms with van der Waals surface area (Å²) in [6.45, 7) is 3.60. The Hall–Kier alpha value is -5.58. The lowest BCUT2D eigenvalue weighted by molar-refractivity contribution is -0.130. The van der Waals surface area contributed by atoms with Crippen molar-refractivity contribution in [1.29, 1.82) is 0 Å². The summed E-state index contributed by atoms with van der Waals surface area (Å²) < 4.78 is 73.5. The van der Waals surface area contributed by atoms with E-state index < -0.39 is 41.6 Å². The van der Waals surface area contributed by atoms with Gasteiger partial charge in [0.1, 0.15) is 29.9 Å². The highest BCUT2D eigenvalue weighted by molar-refractivity contribution is 5.95. The Bertz CT molecular complexity index is 1950. The molecule has 2 N–H and O–H groups in total. The van der Waals surface area contributed by atoms with Crippen molar-refractivity contribution in [3.63, 3.8) is 0 Å². The van der Waals surface area contributed by atoms with Gasteiger partial charge >= 0.3 is 6.18 Å². The number of anilines is 2. The number of fused-ring (bicyclic) bond motifs is 2. The molecule has 0 unspecified atom stereocenters. The Balaban J connectivity index is 0.000000350. The third-order valence-corrected chi connectivity index (χ3v) is 6.39. The molecular formula is C29H24F5N9O3. The highest BCUT2D eigenvalue weighted by Gasteiger charge is 2.32. The van der Waals surface area contributed by atoms with E-state index in [2.05, 4.69) is 40.4 Å². The monoisotopic (exact) mass is 641 g/mol. The number of carbonyl (C=O) groups excluding carboxylic acids is 1. The van der Waals surface area contributed by atoms with Gasteiger partial charge in [0, 0.05) is 36.2 Å². The van der Waals surface area contributed by atoms with Crippen molar-refractivity contribution in [3.05, 3.63) is 90.1 Å². The molecule has 1 aromatic carbocycles. The number of halogens is 5. The van der Waals surface area contributed by atoms with E-state index in [4.69, 9.17) is 4.42 Å². The molecule has 0 spiro atoms. The first-order valence-electron chi connectivity index (χ1n) is 13.4. The van der Waals surface area contributed by atoms with Crippen molar-refractivity contribution in [1.82, 2.24) is 40.2 Å². The summed E-state index contributed by atoms with van der Waals surface area (Å²) in [6.07, 6.45) is 2.02. The quantitative estimate of drug-likeness (QED) is 0.158. The molecule has 0 bridgehead atoms. The third kappa shape index (κ3) is 7.04. The van der Waals surface area contributed by atoms with Gasteiger partial charge in [0.2, 0.25) is 11.8 Å². The van der Waals surface area contributed by atoms with Crippen LogP contribution in [0.15, 0.2) is 65.9 Å². The number of hydrogen-bond donors (Lipinski definition) is 2. The summed E-state index contributed by atoms with van der Waals surface area (Å²) in [7, 11) is 1.16.